The molecule has 3 N–H and O–H groups in total. The Morgan fingerprint density at radius 1 is 1.12 bits per heavy atom. The van der Waals surface area contributed by atoms with Crippen LogP contribution >= 0.6 is 0 Å². The Hall–Kier alpha value is -2.53. The predicted molar refractivity (Wildman–Crippen MR) is 96.4 cm³/mol. The van der Waals surface area contributed by atoms with E-state index in [0.717, 1.165) is 11.1 Å². The van der Waals surface area contributed by atoms with E-state index in [2.05, 4.69) is 0 Å². The monoisotopic (exact) mass is 343 g/mol. The van der Waals surface area contributed by atoms with Crippen molar-refractivity contribution in [2.45, 2.75) is 45.4 Å². The summed E-state index contributed by atoms with van der Waals surface area (Å²) in [4.78, 5) is 12.0. The zero-order valence-electron chi connectivity index (χ0n) is 14.9. The van der Waals surface area contributed by atoms with Crippen LogP contribution in [0.1, 0.15) is 31.9 Å². The van der Waals surface area contributed by atoms with Crippen molar-refractivity contribution in [1.82, 2.24) is 0 Å². The minimum atomic E-state index is -0.772. The smallest absolute Gasteiger partial charge is 0.323 e. The molecule has 0 heterocycles. The van der Waals surface area contributed by atoms with Gasteiger partial charge in [-0.05, 0) is 50.5 Å². The summed E-state index contributed by atoms with van der Waals surface area (Å²) in [6.45, 7) is 5.74. The maximum atomic E-state index is 12.0. The van der Waals surface area contributed by atoms with Crippen LogP contribution < -0.4 is 10.5 Å². The fourth-order valence-corrected chi connectivity index (χ4v) is 2.25. The molecule has 0 aromatic heterocycles. The van der Waals surface area contributed by atoms with Crippen LogP contribution in [0.15, 0.2) is 48.5 Å². The van der Waals surface area contributed by atoms with Crippen molar-refractivity contribution in [3.8, 4) is 11.5 Å². The highest BCUT2D eigenvalue weighted by molar-refractivity contribution is 5.76. The molecule has 134 valence electrons. The van der Waals surface area contributed by atoms with Crippen molar-refractivity contribution in [1.29, 1.82) is 0 Å². The number of ether oxygens (including phenoxy) is 2. The van der Waals surface area contributed by atoms with Gasteiger partial charge in [0.05, 0.1) is 0 Å². The first-order valence-electron chi connectivity index (χ1n) is 8.21. The summed E-state index contributed by atoms with van der Waals surface area (Å²) in [5, 5.41) is 9.96. The fraction of sp³-hybridized carbons (Fsp3) is 0.350. The van der Waals surface area contributed by atoms with Gasteiger partial charge in [-0.25, -0.2) is 0 Å². The molecular weight excluding hydrogens is 318 g/mol. The lowest BCUT2D eigenvalue weighted by atomic mass is 10.1. The summed E-state index contributed by atoms with van der Waals surface area (Å²) in [6.07, 6.45) is 0.302. The second-order valence-electron chi connectivity index (χ2n) is 6.92. The van der Waals surface area contributed by atoms with Crippen molar-refractivity contribution in [3.05, 3.63) is 59.7 Å². The van der Waals surface area contributed by atoms with Crippen LogP contribution in [-0.4, -0.2) is 22.7 Å². The zero-order valence-corrected chi connectivity index (χ0v) is 14.9. The molecule has 0 bridgehead atoms. The Balaban J connectivity index is 2.01. The number of aromatic hydroxyl groups is 1. The third-order valence-electron chi connectivity index (χ3n) is 3.43. The Kier molecular flexibility index (Phi) is 6.04. The molecule has 0 aliphatic heterocycles. The number of esters is 1. The van der Waals surface area contributed by atoms with Gasteiger partial charge in [0.25, 0.3) is 0 Å². The van der Waals surface area contributed by atoms with Gasteiger partial charge in [0.2, 0.25) is 0 Å². The molecule has 0 amide bonds. The molecule has 1 unspecified atom stereocenters. The second-order valence-corrected chi connectivity index (χ2v) is 6.92. The van der Waals surface area contributed by atoms with Gasteiger partial charge in [-0.1, -0.05) is 36.4 Å². The lowest BCUT2D eigenvalue weighted by Crippen LogP contribution is -2.38. The van der Waals surface area contributed by atoms with Gasteiger partial charge in [-0.3, -0.25) is 4.79 Å². The predicted octanol–water partition coefficient (Wildman–Crippen LogP) is 3.18. The summed E-state index contributed by atoms with van der Waals surface area (Å²) in [6, 6.07) is 13.8. The average molecular weight is 343 g/mol. The molecule has 0 radical (unpaired) electrons. The molecule has 0 saturated heterocycles. The zero-order chi connectivity index (χ0) is 18.4. The van der Waals surface area contributed by atoms with Gasteiger partial charge in [0.1, 0.15) is 18.2 Å². The van der Waals surface area contributed by atoms with E-state index < -0.39 is 17.6 Å². The van der Waals surface area contributed by atoms with E-state index in [1.165, 1.54) is 6.07 Å². The van der Waals surface area contributed by atoms with Gasteiger partial charge in [-0.15, -0.1) is 0 Å². The molecular formula is C20H25NO4. The lowest BCUT2D eigenvalue weighted by Gasteiger charge is -2.22. The Morgan fingerprint density at radius 3 is 2.44 bits per heavy atom. The summed E-state index contributed by atoms with van der Waals surface area (Å²) < 4.78 is 11.0. The van der Waals surface area contributed by atoms with E-state index in [0.29, 0.717) is 18.8 Å². The van der Waals surface area contributed by atoms with Crippen LogP contribution in [0, 0.1) is 0 Å². The van der Waals surface area contributed by atoms with E-state index in [-0.39, 0.29) is 5.75 Å². The van der Waals surface area contributed by atoms with Crippen LogP contribution in [0.25, 0.3) is 0 Å². The first kappa shape index (κ1) is 18.8. The Morgan fingerprint density at radius 2 is 1.80 bits per heavy atom. The first-order valence-corrected chi connectivity index (χ1v) is 8.21. The van der Waals surface area contributed by atoms with E-state index >= 15 is 0 Å². The molecule has 2 aromatic carbocycles. The van der Waals surface area contributed by atoms with Gasteiger partial charge in [0.15, 0.2) is 11.5 Å². The van der Waals surface area contributed by atoms with Crippen molar-refractivity contribution in [2.24, 2.45) is 5.73 Å². The molecule has 0 spiro atoms. The van der Waals surface area contributed by atoms with Gasteiger partial charge < -0.3 is 20.3 Å². The fourth-order valence-electron chi connectivity index (χ4n) is 2.25. The highest BCUT2D eigenvalue weighted by Crippen LogP contribution is 2.28. The van der Waals surface area contributed by atoms with Crippen molar-refractivity contribution in [3.63, 3.8) is 0 Å². The molecule has 2 aromatic rings. The number of hydrogen-bond donors (Lipinski definition) is 2. The topological polar surface area (TPSA) is 81.8 Å². The largest absolute Gasteiger partial charge is 0.504 e. The quantitative estimate of drug-likeness (QED) is 0.787. The average Bonchev–Trinajstić information content (AvgIpc) is 2.54. The van der Waals surface area contributed by atoms with Crippen LogP contribution in [-0.2, 0) is 22.6 Å². The van der Waals surface area contributed by atoms with Crippen molar-refractivity contribution < 1.29 is 19.4 Å². The number of rotatable bonds is 6. The lowest BCUT2D eigenvalue weighted by molar-refractivity contribution is -0.156. The summed E-state index contributed by atoms with van der Waals surface area (Å²) >= 11 is 0. The minimum absolute atomic E-state index is 0.0468. The summed E-state index contributed by atoms with van der Waals surface area (Å²) in [7, 11) is 0. The number of hydrogen-bond acceptors (Lipinski definition) is 5. The SMILES string of the molecule is CC(C)(C)OC(=O)C(N)Cc1ccc(O)c(OCc2ccccc2)c1. The first-order chi connectivity index (χ1) is 11.7. The van der Waals surface area contributed by atoms with Crippen LogP contribution in [0.2, 0.25) is 0 Å². The number of nitrogens with two attached hydrogens (primary N) is 1. The van der Waals surface area contributed by atoms with Gasteiger partial charge in [0, 0.05) is 0 Å². The number of phenolic OH excluding ortho intramolecular Hbond substituents is 1. The Bertz CT molecular complexity index is 707. The van der Waals surface area contributed by atoms with E-state index in [1.807, 2.05) is 30.3 Å². The molecule has 0 saturated carbocycles. The molecule has 2 rings (SSSR count). The highest BCUT2D eigenvalue weighted by Gasteiger charge is 2.22. The number of benzene rings is 2. The molecule has 1 atom stereocenters. The molecule has 5 nitrogen and oxygen atoms in total. The molecule has 25 heavy (non-hydrogen) atoms. The van der Waals surface area contributed by atoms with Gasteiger partial charge in [-0.2, -0.15) is 0 Å². The maximum Gasteiger partial charge on any atom is 0.323 e. The molecule has 5 heteroatoms. The van der Waals surface area contributed by atoms with Crippen LogP contribution in [0.3, 0.4) is 0 Å². The number of carbonyl (C=O) groups excluding carboxylic acids is 1. The number of carbonyl (C=O) groups is 1. The van der Waals surface area contributed by atoms with Crippen molar-refractivity contribution in [2.75, 3.05) is 0 Å². The third-order valence-corrected chi connectivity index (χ3v) is 3.43. The minimum Gasteiger partial charge on any atom is -0.504 e. The van der Waals surface area contributed by atoms with Gasteiger partial charge >= 0.3 is 5.97 Å². The third kappa shape index (κ3) is 6.12. The summed E-state index contributed by atoms with van der Waals surface area (Å²) in [5.74, 6) is -0.0457. The maximum absolute atomic E-state index is 12.0. The van der Waals surface area contributed by atoms with E-state index in [1.54, 1.807) is 32.9 Å². The number of phenols is 1. The molecule has 0 aliphatic carbocycles. The van der Waals surface area contributed by atoms with E-state index in [9.17, 15) is 9.90 Å². The molecule has 0 fully saturated rings. The second kappa shape index (κ2) is 8.03. The summed E-state index contributed by atoms with van der Waals surface area (Å²) in [5.41, 5.74) is 7.14. The van der Waals surface area contributed by atoms with Crippen LogP contribution in [0.5, 0.6) is 11.5 Å². The highest BCUT2D eigenvalue weighted by atomic mass is 16.6. The van der Waals surface area contributed by atoms with Crippen LogP contribution in [0.4, 0.5) is 0 Å². The van der Waals surface area contributed by atoms with E-state index in [4.69, 9.17) is 15.2 Å². The van der Waals surface area contributed by atoms with Crippen molar-refractivity contribution >= 4 is 5.97 Å². The molecule has 0 aliphatic rings. The Labute approximate surface area is 148 Å². The standard InChI is InChI=1S/C20H25NO4/c1-20(2,3)25-19(23)16(21)11-15-9-10-17(22)18(12-15)24-13-14-7-5-4-6-8-14/h4-10,12,16,22H,11,13,21H2,1-3H3. The normalized spacial score (nSPS) is 12.5.